The molecule has 0 radical (unpaired) electrons. The summed E-state index contributed by atoms with van der Waals surface area (Å²) in [7, 11) is 0. The minimum absolute atomic E-state index is 0.102. The highest BCUT2D eigenvalue weighted by Gasteiger charge is 2.20. The summed E-state index contributed by atoms with van der Waals surface area (Å²) < 4.78 is 5.29. The van der Waals surface area contributed by atoms with Crippen molar-refractivity contribution in [2.24, 2.45) is 0 Å². The molecule has 0 saturated heterocycles. The van der Waals surface area contributed by atoms with Gasteiger partial charge in [0.1, 0.15) is 11.5 Å². The first-order valence-electron chi connectivity index (χ1n) is 5.12. The van der Waals surface area contributed by atoms with E-state index < -0.39 is 10.8 Å². The number of alkyl halides is 1. The zero-order valence-corrected chi connectivity index (χ0v) is 11.2. The van der Waals surface area contributed by atoms with Gasteiger partial charge in [0.2, 0.25) is 0 Å². The predicted molar refractivity (Wildman–Crippen MR) is 66.9 cm³/mol. The third kappa shape index (κ3) is 3.30. The molecule has 92 valence electrons. The molecule has 1 N–H and O–H groups in total. The van der Waals surface area contributed by atoms with Crippen LogP contribution in [-0.2, 0) is 4.79 Å². The van der Waals surface area contributed by atoms with Gasteiger partial charge in [0.15, 0.2) is 0 Å². The maximum atomic E-state index is 11.3. The number of carbonyl (C=O) groups excluding carboxylic acids is 1. The van der Waals surface area contributed by atoms with Crippen LogP contribution in [0.2, 0.25) is 0 Å². The maximum absolute atomic E-state index is 11.3. The Hall–Kier alpha value is -1.36. The highest BCUT2D eigenvalue weighted by molar-refractivity contribution is 9.09. The van der Waals surface area contributed by atoms with Crippen LogP contribution in [0.5, 0.6) is 5.75 Å². The molecule has 0 bridgehead atoms. The molecular formula is C12H13BrO4. The van der Waals surface area contributed by atoms with E-state index in [2.05, 4.69) is 15.9 Å². The van der Waals surface area contributed by atoms with Gasteiger partial charge in [0.05, 0.1) is 17.0 Å². The SMILES string of the molecule is CCOc1ccc(C(=O)O)c(C(Br)C(C)=O)c1. The summed E-state index contributed by atoms with van der Waals surface area (Å²) in [5.74, 6) is -0.659. The monoisotopic (exact) mass is 300 g/mol. The number of carbonyl (C=O) groups is 2. The average Bonchev–Trinajstić information content (AvgIpc) is 2.28. The van der Waals surface area contributed by atoms with E-state index in [-0.39, 0.29) is 11.3 Å². The van der Waals surface area contributed by atoms with Crippen LogP contribution in [0.15, 0.2) is 18.2 Å². The number of hydrogen-bond acceptors (Lipinski definition) is 3. The van der Waals surface area contributed by atoms with Crippen molar-refractivity contribution in [1.82, 2.24) is 0 Å². The number of carboxylic acids is 1. The minimum Gasteiger partial charge on any atom is -0.494 e. The van der Waals surface area contributed by atoms with Crippen LogP contribution < -0.4 is 4.74 Å². The number of hydrogen-bond donors (Lipinski definition) is 1. The smallest absolute Gasteiger partial charge is 0.336 e. The zero-order chi connectivity index (χ0) is 13.0. The standard InChI is InChI=1S/C12H13BrO4/c1-3-17-8-4-5-9(12(15)16)10(6-8)11(13)7(2)14/h4-6,11H,3H2,1-2H3,(H,15,16). The van der Waals surface area contributed by atoms with Gasteiger partial charge in [0.25, 0.3) is 0 Å². The topological polar surface area (TPSA) is 63.6 Å². The van der Waals surface area contributed by atoms with Gasteiger partial charge >= 0.3 is 5.97 Å². The van der Waals surface area contributed by atoms with Gasteiger partial charge in [-0.3, -0.25) is 4.79 Å². The lowest BCUT2D eigenvalue weighted by Crippen LogP contribution is -2.09. The molecule has 17 heavy (non-hydrogen) atoms. The van der Waals surface area contributed by atoms with Crippen molar-refractivity contribution in [2.75, 3.05) is 6.61 Å². The third-order valence-electron chi connectivity index (χ3n) is 2.19. The molecule has 5 heteroatoms. The van der Waals surface area contributed by atoms with Crippen LogP contribution in [0.3, 0.4) is 0 Å². The molecule has 1 aromatic carbocycles. The predicted octanol–water partition coefficient (Wildman–Crippen LogP) is 2.81. The second-order valence-electron chi connectivity index (χ2n) is 3.46. The van der Waals surface area contributed by atoms with Crippen LogP contribution in [-0.4, -0.2) is 23.5 Å². The lowest BCUT2D eigenvalue weighted by molar-refractivity contribution is -0.116. The molecule has 1 unspecified atom stereocenters. The largest absolute Gasteiger partial charge is 0.494 e. The van der Waals surface area contributed by atoms with Gasteiger partial charge < -0.3 is 9.84 Å². The fourth-order valence-corrected chi connectivity index (χ4v) is 1.80. The Morgan fingerprint density at radius 2 is 2.12 bits per heavy atom. The van der Waals surface area contributed by atoms with Crippen molar-refractivity contribution in [1.29, 1.82) is 0 Å². The van der Waals surface area contributed by atoms with Crippen molar-refractivity contribution in [3.63, 3.8) is 0 Å². The molecule has 0 aliphatic heterocycles. The number of carboxylic acid groups (broad SMARTS) is 1. The second-order valence-corrected chi connectivity index (χ2v) is 4.38. The van der Waals surface area contributed by atoms with Crippen LogP contribution in [0.1, 0.15) is 34.6 Å². The van der Waals surface area contributed by atoms with Crippen LogP contribution in [0, 0.1) is 0 Å². The van der Waals surface area contributed by atoms with E-state index in [1.165, 1.54) is 13.0 Å². The van der Waals surface area contributed by atoms with E-state index in [1.807, 2.05) is 6.92 Å². The van der Waals surface area contributed by atoms with Gasteiger partial charge in [-0.1, -0.05) is 15.9 Å². The van der Waals surface area contributed by atoms with Crippen molar-refractivity contribution in [3.05, 3.63) is 29.3 Å². The number of aromatic carboxylic acids is 1. The van der Waals surface area contributed by atoms with Gasteiger partial charge in [0, 0.05) is 0 Å². The van der Waals surface area contributed by atoms with Crippen LogP contribution in [0.25, 0.3) is 0 Å². The molecule has 1 atom stereocenters. The summed E-state index contributed by atoms with van der Waals surface area (Å²) in [6.45, 7) is 3.72. The number of rotatable bonds is 5. The molecule has 0 spiro atoms. The summed E-state index contributed by atoms with van der Waals surface area (Å²) in [4.78, 5) is 21.7. The normalized spacial score (nSPS) is 11.9. The minimum atomic E-state index is -1.06. The Balaban J connectivity index is 3.24. The summed E-state index contributed by atoms with van der Waals surface area (Å²) in [6.07, 6.45) is 0. The first-order chi connectivity index (χ1) is 7.97. The molecular weight excluding hydrogens is 288 g/mol. The lowest BCUT2D eigenvalue weighted by Gasteiger charge is -2.12. The molecule has 1 rings (SSSR count). The average molecular weight is 301 g/mol. The Labute approximate surface area is 108 Å². The summed E-state index contributed by atoms with van der Waals surface area (Å²) in [5.41, 5.74) is 0.515. The first-order valence-corrected chi connectivity index (χ1v) is 6.03. The molecule has 0 aromatic heterocycles. The molecule has 0 amide bonds. The van der Waals surface area contributed by atoms with E-state index in [4.69, 9.17) is 9.84 Å². The number of halogens is 1. The van der Waals surface area contributed by atoms with Gasteiger partial charge in [-0.05, 0) is 37.6 Å². The van der Waals surface area contributed by atoms with Gasteiger partial charge in [-0.2, -0.15) is 0 Å². The Bertz CT molecular complexity index is 442. The Kier molecular flexibility index (Phi) is 4.69. The lowest BCUT2D eigenvalue weighted by atomic mass is 10.0. The van der Waals surface area contributed by atoms with Crippen molar-refractivity contribution >= 4 is 27.7 Å². The van der Waals surface area contributed by atoms with Crippen molar-refractivity contribution < 1.29 is 19.4 Å². The second kappa shape index (κ2) is 5.82. The molecule has 0 fully saturated rings. The molecule has 0 heterocycles. The number of Topliss-reactive ketones (excluding diaryl/α,β-unsaturated/α-hetero) is 1. The Morgan fingerprint density at radius 3 is 2.59 bits per heavy atom. The molecule has 4 nitrogen and oxygen atoms in total. The first kappa shape index (κ1) is 13.7. The quantitative estimate of drug-likeness (QED) is 0.849. The molecule has 0 aliphatic carbocycles. The highest BCUT2D eigenvalue weighted by atomic mass is 79.9. The van der Waals surface area contributed by atoms with E-state index in [0.29, 0.717) is 17.9 Å². The van der Waals surface area contributed by atoms with E-state index in [1.54, 1.807) is 12.1 Å². The van der Waals surface area contributed by atoms with Crippen LogP contribution in [0.4, 0.5) is 0 Å². The summed E-state index contributed by atoms with van der Waals surface area (Å²) >= 11 is 3.19. The van der Waals surface area contributed by atoms with Gasteiger partial charge in [-0.15, -0.1) is 0 Å². The summed E-state index contributed by atoms with van der Waals surface area (Å²) in [6, 6.07) is 4.60. The number of ether oxygens (including phenoxy) is 1. The van der Waals surface area contributed by atoms with Crippen LogP contribution >= 0.6 is 15.9 Å². The highest BCUT2D eigenvalue weighted by Crippen LogP contribution is 2.30. The molecule has 0 aliphatic rings. The fourth-order valence-electron chi connectivity index (χ4n) is 1.42. The van der Waals surface area contributed by atoms with E-state index in [9.17, 15) is 9.59 Å². The van der Waals surface area contributed by atoms with E-state index >= 15 is 0 Å². The number of benzene rings is 1. The van der Waals surface area contributed by atoms with Gasteiger partial charge in [-0.25, -0.2) is 4.79 Å². The van der Waals surface area contributed by atoms with Crippen molar-refractivity contribution in [2.45, 2.75) is 18.7 Å². The summed E-state index contributed by atoms with van der Waals surface area (Å²) in [5, 5.41) is 9.04. The molecule has 0 saturated carbocycles. The fraction of sp³-hybridized carbons (Fsp3) is 0.333. The van der Waals surface area contributed by atoms with Crippen molar-refractivity contribution in [3.8, 4) is 5.75 Å². The zero-order valence-electron chi connectivity index (χ0n) is 9.57. The molecule has 1 aromatic rings. The third-order valence-corrected chi connectivity index (χ3v) is 3.33. The Morgan fingerprint density at radius 1 is 1.47 bits per heavy atom. The van der Waals surface area contributed by atoms with E-state index in [0.717, 1.165) is 0 Å². The maximum Gasteiger partial charge on any atom is 0.336 e. The number of ketones is 1.